The van der Waals surface area contributed by atoms with Crippen molar-refractivity contribution in [3.63, 3.8) is 0 Å². The van der Waals surface area contributed by atoms with Crippen LogP contribution in [0.15, 0.2) is 52.1 Å². The third kappa shape index (κ3) is 4.65. The van der Waals surface area contributed by atoms with E-state index in [9.17, 15) is 4.79 Å². The smallest absolute Gasteiger partial charge is 0.277 e. The summed E-state index contributed by atoms with van der Waals surface area (Å²) in [5.74, 6) is 0.449. The van der Waals surface area contributed by atoms with E-state index in [4.69, 9.17) is 16.0 Å². The lowest BCUT2D eigenvalue weighted by molar-refractivity contribution is -0.113. The Balaban J connectivity index is 1.56. The van der Waals surface area contributed by atoms with E-state index in [1.165, 1.54) is 17.3 Å². The second kappa shape index (κ2) is 8.38. The molecule has 1 aromatic heterocycles. The third-order valence-electron chi connectivity index (χ3n) is 3.80. The molecule has 3 rings (SSSR count). The highest BCUT2D eigenvalue weighted by Gasteiger charge is 2.11. The molecular formula is C19H18ClN3O2S. The second-order valence-electron chi connectivity index (χ2n) is 5.72. The van der Waals surface area contributed by atoms with E-state index in [0.717, 1.165) is 17.5 Å². The fourth-order valence-corrected chi connectivity index (χ4v) is 3.01. The van der Waals surface area contributed by atoms with E-state index in [1.54, 1.807) is 6.07 Å². The summed E-state index contributed by atoms with van der Waals surface area (Å²) in [4.78, 5) is 12.1. The van der Waals surface area contributed by atoms with Gasteiger partial charge in [0.25, 0.3) is 5.22 Å². The Labute approximate surface area is 161 Å². The predicted octanol–water partition coefficient (Wildman–Crippen LogP) is 4.99. The van der Waals surface area contributed by atoms with Gasteiger partial charge in [0.2, 0.25) is 11.8 Å². The lowest BCUT2D eigenvalue weighted by Gasteiger charge is -2.05. The molecule has 7 heteroatoms. The number of aryl methyl sites for hydroxylation is 2. The van der Waals surface area contributed by atoms with Crippen molar-refractivity contribution >= 4 is 35.0 Å². The number of hydrogen-bond donors (Lipinski definition) is 1. The van der Waals surface area contributed by atoms with Gasteiger partial charge < -0.3 is 9.73 Å². The Bertz CT molecular complexity index is 909. The molecule has 0 saturated heterocycles. The summed E-state index contributed by atoms with van der Waals surface area (Å²) in [5, 5.41) is 11.8. The van der Waals surface area contributed by atoms with Gasteiger partial charge in [0, 0.05) is 16.3 Å². The summed E-state index contributed by atoms with van der Waals surface area (Å²) >= 11 is 7.25. The van der Waals surface area contributed by atoms with Crippen LogP contribution in [0, 0.1) is 6.92 Å². The molecule has 1 amide bonds. The van der Waals surface area contributed by atoms with Crippen molar-refractivity contribution in [2.75, 3.05) is 11.1 Å². The van der Waals surface area contributed by atoms with Gasteiger partial charge in [-0.2, -0.15) is 0 Å². The number of halogens is 1. The first-order chi connectivity index (χ1) is 12.5. The maximum atomic E-state index is 12.1. The number of nitrogens with one attached hydrogen (secondary N) is 1. The van der Waals surface area contributed by atoms with Gasteiger partial charge in [-0.25, -0.2) is 0 Å². The zero-order valence-corrected chi connectivity index (χ0v) is 16.0. The van der Waals surface area contributed by atoms with Gasteiger partial charge in [-0.15, -0.1) is 10.2 Å². The molecule has 3 aromatic rings. The molecule has 1 N–H and O–H groups in total. The Hall–Kier alpha value is -2.31. The summed E-state index contributed by atoms with van der Waals surface area (Å²) in [5.41, 5.74) is 3.73. The average Bonchev–Trinajstić information content (AvgIpc) is 3.12. The van der Waals surface area contributed by atoms with Crippen molar-refractivity contribution in [2.45, 2.75) is 25.5 Å². The zero-order chi connectivity index (χ0) is 18.5. The molecule has 0 aliphatic rings. The molecule has 0 radical (unpaired) electrons. The van der Waals surface area contributed by atoms with Crippen LogP contribution < -0.4 is 5.32 Å². The van der Waals surface area contributed by atoms with E-state index in [0.29, 0.717) is 21.8 Å². The second-order valence-corrected chi connectivity index (χ2v) is 7.06. The number of anilines is 1. The molecule has 0 fully saturated rings. The van der Waals surface area contributed by atoms with Gasteiger partial charge in [-0.3, -0.25) is 4.79 Å². The fraction of sp³-hybridized carbons (Fsp3) is 0.211. The first-order valence-electron chi connectivity index (χ1n) is 8.16. The highest BCUT2D eigenvalue weighted by atomic mass is 35.5. The first kappa shape index (κ1) is 18.5. The average molecular weight is 388 g/mol. The number of thioether (sulfide) groups is 1. The number of hydrogen-bond acceptors (Lipinski definition) is 5. The molecular weight excluding hydrogens is 370 g/mol. The lowest BCUT2D eigenvalue weighted by atomic mass is 10.1. The SMILES string of the molecule is CCc1ccc(-c2nnc(SCC(=O)Nc3ccc(C)c(Cl)c3)o2)cc1. The quantitative estimate of drug-likeness (QED) is 0.603. The minimum absolute atomic E-state index is 0.165. The molecule has 0 bridgehead atoms. The van der Waals surface area contributed by atoms with Crippen LogP contribution in [0.4, 0.5) is 5.69 Å². The largest absolute Gasteiger partial charge is 0.411 e. The Kier molecular flexibility index (Phi) is 5.96. The van der Waals surface area contributed by atoms with Crippen molar-refractivity contribution in [2.24, 2.45) is 0 Å². The molecule has 0 saturated carbocycles. The summed E-state index contributed by atoms with van der Waals surface area (Å²) in [7, 11) is 0. The number of nitrogens with zero attached hydrogens (tertiary/aromatic N) is 2. The fourth-order valence-electron chi connectivity index (χ4n) is 2.26. The molecule has 134 valence electrons. The van der Waals surface area contributed by atoms with Gasteiger partial charge in [0.15, 0.2) is 0 Å². The monoisotopic (exact) mass is 387 g/mol. The van der Waals surface area contributed by atoms with Crippen molar-refractivity contribution < 1.29 is 9.21 Å². The summed E-state index contributed by atoms with van der Waals surface area (Å²) in [6.45, 7) is 4.01. The number of aromatic nitrogens is 2. The summed E-state index contributed by atoms with van der Waals surface area (Å²) in [6, 6.07) is 13.4. The summed E-state index contributed by atoms with van der Waals surface area (Å²) in [6.07, 6.45) is 0.979. The number of carbonyl (C=O) groups is 1. The highest BCUT2D eigenvalue weighted by Crippen LogP contribution is 2.24. The van der Waals surface area contributed by atoms with E-state index in [2.05, 4.69) is 22.4 Å². The van der Waals surface area contributed by atoms with Gasteiger partial charge in [0.05, 0.1) is 5.75 Å². The molecule has 0 aliphatic carbocycles. The molecule has 5 nitrogen and oxygen atoms in total. The standard InChI is InChI=1S/C19H18ClN3O2S/c1-3-13-5-7-14(8-6-13)18-22-23-19(25-18)26-11-17(24)21-15-9-4-12(2)16(20)10-15/h4-10H,3,11H2,1-2H3,(H,21,24). The van der Waals surface area contributed by atoms with Crippen LogP contribution in [0.2, 0.25) is 5.02 Å². The van der Waals surface area contributed by atoms with Gasteiger partial charge >= 0.3 is 0 Å². The topological polar surface area (TPSA) is 68.0 Å². The van der Waals surface area contributed by atoms with Crippen LogP contribution >= 0.6 is 23.4 Å². The van der Waals surface area contributed by atoms with E-state index < -0.39 is 0 Å². The van der Waals surface area contributed by atoms with Crippen molar-refractivity contribution in [1.82, 2.24) is 10.2 Å². The Morgan fingerprint density at radius 3 is 2.65 bits per heavy atom. The number of rotatable bonds is 6. The van der Waals surface area contributed by atoms with Crippen LogP contribution in [0.3, 0.4) is 0 Å². The van der Waals surface area contributed by atoms with Crippen LogP contribution in [-0.2, 0) is 11.2 Å². The molecule has 26 heavy (non-hydrogen) atoms. The van der Waals surface area contributed by atoms with E-state index in [1.807, 2.05) is 43.3 Å². The van der Waals surface area contributed by atoms with Crippen molar-refractivity contribution in [3.8, 4) is 11.5 Å². The van der Waals surface area contributed by atoms with Crippen LogP contribution in [-0.4, -0.2) is 21.9 Å². The summed E-state index contributed by atoms with van der Waals surface area (Å²) < 4.78 is 5.62. The van der Waals surface area contributed by atoms with Gasteiger partial charge in [0.1, 0.15) is 0 Å². The molecule has 0 unspecified atom stereocenters. The lowest BCUT2D eigenvalue weighted by Crippen LogP contribution is -2.14. The Morgan fingerprint density at radius 2 is 1.96 bits per heavy atom. The zero-order valence-electron chi connectivity index (χ0n) is 14.5. The first-order valence-corrected chi connectivity index (χ1v) is 9.53. The number of benzene rings is 2. The van der Waals surface area contributed by atoms with Crippen LogP contribution in [0.5, 0.6) is 0 Å². The van der Waals surface area contributed by atoms with Crippen molar-refractivity contribution in [1.29, 1.82) is 0 Å². The molecule has 0 spiro atoms. The van der Waals surface area contributed by atoms with E-state index in [-0.39, 0.29) is 11.7 Å². The number of amides is 1. The minimum Gasteiger partial charge on any atom is -0.411 e. The molecule has 2 aromatic carbocycles. The number of carbonyl (C=O) groups excluding carboxylic acids is 1. The van der Waals surface area contributed by atoms with Crippen LogP contribution in [0.25, 0.3) is 11.5 Å². The maximum absolute atomic E-state index is 12.1. The molecule has 0 aliphatic heterocycles. The van der Waals surface area contributed by atoms with Gasteiger partial charge in [-0.1, -0.05) is 48.5 Å². The molecule has 0 atom stereocenters. The maximum Gasteiger partial charge on any atom is 0.277 e. The highest BCUT2D eigenvalue weighted by molar-refractivity contribution is 7.99. The van der Waals surface area contributed by atoms with Gasteiger partial charge in [-0.05, 0) is 48.7 Å². The van der Waals surface area contributed by atoms with Crippen molar-refractivity contribution in [3.05, 3.63) is 58.6 Å². The van der Waals surface area contributed by atoms with E-state index >= 15 is 0 Å². The minimum atomic E-state index is -0.165. The molecule has 1 heterocycles. The predicted molar refractivity (Wildman–Crippen MR) is 105 cm³/mol. The third-order valence-corrected chi connectivity index (χ3v) is 5.02. The van der Waals surface area contributed by atoms with Crippen LogP contribution in [0.1, 0.15) is 18.1 Å². The normalized spacial score (nSPS) is 10.7. The Morgan fingerprint density at radius 1 is 1.19 bits per heavy atom.